The van der Waals surface area contributed by atoms with Crippen molar-refractivity contribution < 1.29 is 9.32 Å². The van der Waals surface area contributed by atoms with Gasteiger partial charge in [0, 0.05) is 55.7 Å². The number of aromatic nitrogens is 3. The molecule has 0 spiro atoms. The van der Waals surface area contributed by atoms with Crippen molar-refractivity contribution in [2.75, 3.05) is 19.6 Å². The average Bonchev–Trinajstić information content (AvgIpc) is 3.29. The highest BCUT2D eigenvalue weighted by Crippen LogP contribution is 2.32. The van der Waals surface area contributed by atoms with Crippen LogP contribution in [0.3, 0.4) is 0 Å². The molecule has 0 bridgehead atoms. The van der Waals surface area contributed by atoms with Crippen LogP contribution < -0.4 is 5.32 Å². The summed E-state index contributed by atoms with van der Waals surface area (Å²) in [6.07, 6.45) is 11.1. The molecule has 2 aromatic heterocycles. The predicted octanol–water partition coefficient (Wildman–Crippen LogP) is 3.18. The molecule has 5 rings (SSSR count). The Morgan fingerprint density at radius 3 is 2.83 bits per heavy atom. The zero-order valence-corrected chi connectivity index (χ0v) is 16.9. The Kier molecular flexibility index (Phi) is 5.31. The molecule has 4 heterocycles. The van der Waals surface area contributed by atoms with E-state index in [-0.39, 0.29) is 5.91 Å². The molecule has 7 nitrogen and oxygen atoms in total. The Bertz CT molecular complexity index is 868. The molecule has 0 unspecified atom stereocenters. The minimum absolute atomic E-state index is 0.0780. The molecular weight excluding hydrogens is 366 g/mol. The van der Waals surface area contributed by atoms with E-state index in [1.807, 2.05) is 17.2 Å². The van der Waals surface area contributed by atoms with E-state index in [1.54, 1.807) is 0 Å². The molecule has 29 heavy (non-hydrogen) atoms. The summed E-state index contributed by atoms with van der Waals surface area (Å²) < 4.78 is 5.44. The van der Waals surface area contributed by atoms with E-state index in [9.17, 15) is 4.79 Å². The van der Waals surface area contributed by atoms with Crippen molar-refractivity contribution in [3.63, 3.8) is 0 Å². The highest BCUT2D eigenvalue weighted by atomic mass is 16.5. The lowest BCUT2D eigenvalue weighted by Gasteiger charge is -2.28. The maximum atomic E-state index is 13.0. The van der Waals surface area contributed by atoms with Crippen molar-refractivity contribution >= 4 is 5.91 Å². The van der Waals surface area contributed by atoms with Crippen molar-refractivity contribution in [1.82, 2.24) is 25.3 Å². The zero-order chi connectivity index (χ0) is 19.6. The van der Waals surface area contributed by atoms with Crippen LogP contribution in [0.2, 0.25) is 0 Å². The minimum Gasteiger partial charge on any atom is -0.351 e. The maximum Gasteiger partial charge on any atom is 0.292 e. The van der Waals surface area contributed by atoms with Gasteiger partial charge in [0.2, 0.25) is 5.76 Å². The fraction of sp³-hybridized carbons (Fsp3) is 0.636. The summed E-state index contributed by atoms with van der Waals surface area (Å²) in [6, 6.07) is 1.86. The van der Waals surface area contributed by atoms with Crippen molar-refractivity contribution in [2.45, 2.75) is 69.7 Å². The fourth-order valence-electron chi connectivity index (χ4n) is 4.91. The van der Waals surface area contributed by atoms with Gasteiger partial charge in [-0.2, -0.15) is 0 Å². The van der Waals surface area contributed by atoms with Gasteiger partial charge in [-0.1, -0.05) is 24.4 Å². The van der Waals surface area contributed by atoms with Crippen molar-refractivity contribution in [2.24, 2.45) is 0 Å². The van der Waals surface area contributed by atoms with Crippen LogP contribution >= 0.6 is 0 Å². The quantitative estimate of drug-likeness (QED) is 0.859. The number of hydrogen-bond acceptors (Lipinski definition) is 6. The summed E-state index contributed by atoms with van der Waals surface area (Å²) in [5, 5.41) is 7.64. The molecular formula is C22H29N5O2. The topological polar surface area (TPSA) is 84.2 Å². The molecule has 1 saturated carbocycles. The normalized spacial score (nSPS) is 23.0. The van der Waals surface area contributed by atoms with Crippen LogP contribution in [0.15, 0.2) is 16.8 Å². The van der Waals surface area contributed by atoms with Crippen LogP contribution in [-0.2, 0) is 13.0 Å². The molecule has 154 valence electrons. The highest BCUT2D eigenvalue weighted by Gasteiger charge is 2.28. The van der Waals surface area contributed by atoms with Gasteiger partial charge in [-0.25, -0.2) is 9.97 Å². The number of fused-ring (bicyclic) bond motifs is 1. The molecule has 1 saturated heterocycles. The number of piperidine rings is 1. The zero-order valence-electron chi connectivity index (χ0n) is 16.9. The SMILES string of the molecule is O=C(c1cc(C2CCCCC2)no1)N1CCc2nc([C@H]3CCCNC3)ncc2C1. The summed E-state index contributed by atoms with van der Waals surface area (Å²) in [5.41, 5.74) is 3.08. The van der Waals surface area contributed by atoms with Crippen LogP contribution in [0.4, 0.5) is 0 Å². The van der Waals surface area contributed by atoms with E-state index in [2.05, 4.69) is 15.5 Å². The standard InChI is InChI=1S/C22H29N5O2/c28-22(20-11-19(26-29-20)15-5-2-1-3-6-15)27-10-8-18-17(14-27)13-24-21(25-18)16-7-4-9-23-12-16/h11,13,15-16,23H,1-10,12,14H2/t16-/m0/s1. The molecule has 2 aromatic rings. The second kappa shape index (κ2) is 8.22. The van der Waals surface area contributed by atoms with Gasteiger partial charge in [-0.05, 0) is 32.2 Å². The first-order valence-electron chi connectivity index (χ1n) is 11.1. The van der Waals surface area contributed by atoms with E-state index in [0.29, 0.717) is 30.7 Å². The predicted molar refractivity (Wildman–Crippen MR) is 108 cm³/mol. The van der Waals surface area contributed by atoms with Gasteiger partial charge in [0.15, 0.2) is 0 Å². The molecule has 2 fully saturated rings. The number of nitrogens with one attached hydrogen (secondary N) is 1. The lowest BCUT2D eigenvalue weighted by Crippen LogP contribution is -2.37. The molecule has 1 atom stereocenters. The van der Waals surface area contributed by atoms with Gasteiger partial charge >= 0.3 is 0 Å². The summed E-state index contributed by atoms with van der Waals surface area (Å²) >= 11 is 0. The summed E-state index contributed by atoms with van der Waals surface area (Å²) in [4.78, 5) is 24.3. The molecule has 1 amide bonds. The Hall–Kier alpha value is -2.28. The van der Waals surface area contributed by atoms with Gasteiger partial charge in [0.25, 0.3) is 5.91 Å². The first-order chi connectivity index (χ1) is 14.3. The Balaban J connectivity index is 1.27. The first-order valence-corrected chi connectivity index (χ1v) is 11.1. The Labute approximate surface area is 171 Å². The Morgan fingerprint density at radius 2 is 2.00 bits per heavy atom. The smallest absolute Gasteiger partial charge is 0.292 e. The van der Waals surface area contributed by atoms with Crippen LogP contribution in [-0.4, -0.2) is 45.6 Å². The Morgan fingerprint density at radius 1 is 1.14 bits per heavy atom. The molecule has 0 aromatic carbocycles. The van der Waals surface area contributed by atoms with Gasteiger partial charge in [0.1, 0.15) is 5.82 Å². The van der Waals surface area contributed by atoms with Crippen LogP contribution in [0.1, 0.15) is 90.1 Å². The largest absolute Gasteiger partial charge is 0.351 e. The van der Waals surface area contributed by atoms with E-state index in [0.717, 1.165) is 61.5 Å². The maximum absolute atomic E-state index is 13.0. The number of amides is 1. The van der Waals surface area contributed by atoms with Crippen LogP contribution in [0.5, 0.6) is 0 Å². The third-order valence-corrected chi connectivity index (χ3v) is 6.66. The number of carbonyl (C=O) groups is 1. The number of carbonyl (C=O) groups excluding carboxylic acids is 1. The van der Waals surface area contributed by atoms with E-state index in [4.69, 9.17) is 9.51 Å². The average molecular weight is 396 g/mol. The van der Waals surface area contributed by atoms with Crippen LogP contribution in [0.25, 0.3) is 0 Å². The second-order valence-electron chi connectivity index (χ2n) is 8.67. The van der Waals surface area contributed by atoms with Gasteiger partial charge in [0.05, 0.1) is 11.4 Å². The third-order valence-electron chi connectivity index (χ3n) is 6.66. The van der Waals surface area contributed by atoms with E-state index < -0.39 is 0 Å². The fourth-order valence-corrected chi connectivity index (χ4v) is 4.91. The number of nitrogens with zero attached hydrogens (tertiary/aromatic N) is 4. The third kappa shape index (κ3) is 3.92. The van der Waals surface area contributed by atoms with Crippen molar-refractivity contribution in [1.29, 1.82) is 0 Å². The van der Waals surface area contributed by atoms with E-state index >= 15 is 0 Å². The van der Waals surface area contributed by atoms with Crippen molar-refractivity contribution in [3.8, 4) is 0 Å². The summed E-state index contributed by atoms with van der Waals surface area (Å²) in [6.45, 7) is 3.24. The lowest BCUT2D eigenvalue weighted by molar-refractivity contribution is 0.0690. The van der Waals surface area contributed by atoms with Gasteiger partial charge in [-0.15, -0.1) is 0 Å². The lowest BCUT2D eigenvalue weighted by atomic mass is 9.87. The monoisotopic (exact) mass is 395 g/mol. The molecule has 1 aliphatic carbocycles. The van der Waals surface area contributed by atoms with Crippen molar-refractivity contribution in [3.05, 3.63) is 40.8 Å². The highest BCUT2D eigenvalue weighted by molar-refractivity contribution is 5.91. The number of hydrogen-bond donors (Lipinski definition) is 1. The summed E-state index contributed by atoms with van der Waals surface area (Å²) in [5.74, 6) is 2.08. The van der Waals surface area contributed by atoms with Gasteiger partial charge in [-0.3, -0.25) is 4.79 Å². The molecule has 3 aliphatic rings. The molecule has 0 radical (unpaired) electrons. The second-order valence-corrected chi connectivity index (χ2v) is 8.67. The van der Waals surface area contributed by atoms with E-state index in [1.165, 1.54) is 25.7 Å². The first kappa shape index (κ1) is 18.7. The van der Waals surface area contributed by atoms with Gasteiger partial charge < -0.3 is 14.7 Å². The molecule has 7 heteroatoms. The minimum atomic E-state index is -0.0780. The number of rotatable bonds is 3. The molecule has 1 N–H and O–H groups in total. The summed E-state index contributed by atoms with van der Waals surface area (Å²) in [7, 11) is 0. The van der Waals surface area contributed by atoms with Crippen LogP contribution in [0, 0.1) is 0 Å². The molecule has 2 aliphatic heterocycles.